The SMILES string of the molecule is CN(C)Cc1cccc(OCCCNC2=NS(=O)N=C2N)c1. The average molecular weight is 323 g/mol. The molecule has 0 fully saturated rings. The van der Waals surface area contributed by atoms with E-state index in [4.69, 9.17) is 10.5 Å². The lowest BCUT2D eigenvalue weighted by Crippen LogP contribution is -2.35. The van der Waals surface area contributed by atoms with E-state index in [0.717, 1.165) is 18.7 Å². The van der Waals surface area contributed by atoms with Gasteiger partial charge >= 0.3 is 0 Å². The molecule has 1 aromatic carbocycles. The number of nitrogens with zero attached hydrogens (tertiary/aromatic N) is 3. The predicted molar refractivity (Wildman–Crippen MR) is 89.1 cm³/mol. The Morgan fingerprint density at radius 3 is 2.86 bits per heavy atom. The smallest absolute Gasteiger partial charge is 0.269 e. The first-order valence-electron chi connectivity index (χ1n) is 7.00. The van der Waals surface area contributed by atoms with E-state index in [0.29, 0.717) is 19.0 Å². The zero-order valence-electron chi connectivity index (χ0n) is 12.8. The van der Waals surface area contributed by atoms with E-state index in [9.17, 15) is 4.21 Å². The molecule has 1 heterocycles. The van der Waals surface area contributed by atoms with Gasteiger partial charge in [-0.3, -0.25) is 0 Å². The molecule has 120 valence electrons. The molecule has 0 aromatic heterocycles. The number of benzene rings is 1. The van der Waals surface area contributed by atoms with E-state index in [1.54, 1.807) is 0 Å². The molecule has 0 amide bonds. The number of nitrogens with one attached hydrogen (secondary N) is 1. The summed E-state index contributed by atoms with van der Waals surface area (Å²) in [4.78, 5) is 2.11. The minimum Gasteiger partial charge on any atom is -0.494 e. The van der Waals surface area contributed by atoms with Crippen LogP contribution in [0.1, 0.15) is 12.0 Å². The molecule has 0 spiro atoms. The highest BCUT2D eigenvalue weighted by molar-refractivity contribution is 7.83. The molecular formula is C14H21N5O2S. The normalized spacial score (nSPS) is 17.3. The van der Waals surface area contributed by atoms with Crippen LogP contribution in [-0.2, 0) is 17.7 Å². The first-order chi connectivity index (χ1) is 10.5. The Morgan fingerprint density at radius 2 is 2.18 bits per heavy atom. The van der Waals surface area contributed by atoms with Crippen molar-refractivity contribution in [2.75, 3.05) is 27.2 Å². The summed E-state index contributed by atoms with van der Waals surface area (Å²) in [5.41, 5.74) is 6.78. The van der Waals surface area contributed by atoms with Crippen molar-refractivity contribution < 1.29 is 8.95 Å². The maximum Gasteiger partial charge on any atom is 0.269 e. The minimum absolute atomic E-state index is 0.190. The van der Waals surface area contributed by atoms with Crippen molar-refractivity contribution in [2.24, 2.45) is 14.5 Å². The largest absolute Gasteiger partial charge is 0.494 e. The molecule has 22 heavy (non-hydrogen) atoms. The van der Waals surface area contributed by atoms with Crippen molar-refractivity contribution in [1.82, 2.24) is 10.2 Å². The lowest BCUT2D eigenvalue weighted by Gasteiger charge is -2.12. The van der Waals surface area contributed by atoms with Crippen LogP contribution < -0.4 is 15.8 Å². The lowest BCUT2D eigenvalue weighted by molar-refractivity contribution is 0.310. The first-order valence-corrected chi connectivity index (χ1v) is 8.06. The van der Waals surface area contributed by atoms with Gasteiger partial charge in [-0.1, -0.05) is 12.1 Å². The van der Waals surface area contributed by atoms with Crippen molar-refractivity contribution in [1.29, 1.82) is 0 Å². The van der Waals surface area contributed by atoms with Crippen LogP contribution in [0.2, 0.25) is 0 Å². The van der Waals surface area contributed by atoms with Gasteiger partial charge in [-0.15, -0.1) is 8.80 Å². The van der Waals surface area contributed by atoms with Crippen LogP contribution >= 0.6 is 0 Å². The van der Waals surface area contributed by atoms with Gasteiger partial charge in [0, 0.05) is 13.1 Å². The first kappa shape index (κ1) is 16.4. The summed E-state index contributed by atoms with van der Waals surface area (Å²) in [6.45, 7) is 2.09. The molecule has 1 aliphatic rings. The fourth-order valence-corrected chi connectivity index (χ4v) is 2.57. The zero-order chi connectivity index (χ0) is 15.9. The van der Waals surface area contributed by atoms with E-state index in [1.165, 1.54) is 5.56 Å². The number of ether oxygens (including phenoxy) is 1. The quantitative estimate of drug-likeness (QED) is 0.711. The molecule has 3 N–H and O–H groups in total. The van der Waals surface area contributed by atoms with E-state index in [-0.39, 0.29) is 5.84 Å². The molecular weight excluding hydrogens is 302 g/mol. The molecule has 8 heteroatoms. The second kappa shape index (κ2) is 7.90. The molecule has 0 aliphatic carbocycles. The number of hydrogen-bond donors (Lipinski definition) is 2. The fraction of sp³-hybridized carbons (Fsp3) is 0.429. The Kier molecular flexibility index (Phi) is 5.91. The minimum atomic E-state index is -1.57. The zero-order valence-corrected chi connectivity index (χ0v) is 13.6. The summed E-state index contributed by atoms with van der Waals surface area (Å²) >= 11 is -1.57. The molecule has 0 saturated heterocycles. The lowest BCUT2D eigenvalue weighted by atomic mass is 10.2. The van der Waals surface area contributed by atoms with Crippen molar-refractivity contribution in [3.8, 4) is 5.75 Å². The van der Waals surface area contributed by atoms with Crippen molar-refractivity contribution in [2.45, 2.75) is 13.0 Å². The van der Waals surface area contributed by atoms with Crippen LogP contribution in [0.3, 0.4) is 0 Å². The highest BCUT2D eigenvalue weighted by Gasteiger charge is 2.14. The molecule has 7 nitrogen and oxygen atoms in total. The molecule has 1 aliphatic heterocycles. The molecule has 0 radical (unpaired) electrons. The summed E-state index contributed by atoms with van der Waals surface area (Å²) in [7, 11) is 4.07. The summed E-state index contributed by atoms with van der Waals surface area (Å²) in [6.07, 6.45) is 0.775. The molecule has 1 unspecified atom stereocenters. The van der Waals surface area contributed by atoms with Crippen LogP contribution in [-0.4, -0.2) is 48.0 Å². The highest BCUT2D eigenvalue weighted by atomic mass is 32.2. The van der Waals surface area contributed by atoms with Gasteiger partial charge in [-0.25, -0.2) is 4.21 Å². The number of amidine groups is 2. The van der Waals surface area contributed by atoms with Crippen molar-refractivity contribution in [3.63, 3.8) is 0 Å². The van der Waals surface area contributed by atoms with Gasteiger partial charge in [-0.05, 0) is 38.2 Å². The Hall–Kier alpha value is -1.93. The summed E-state index contributed by atoms with van der Waals surface area (Å²) < 4.78 is 24.1. The Balaban J connectivity index is 1.70. The third kappa shape index (κ3) is 5.12. The van der Waals surface area contributed by atoms with Gasteiger partial charge in [0.15, 0.2) is 11.7 Å². The Bertz CT molecular complexity index is 601. The van der Waals surface area contributed by atoms with Crippen LogP contribution in [0.5, 0.6) is 5.75 Å². The second-order valence-electron chi connectivity index (χ2n) is 5.16. The van der Waals surface area contributed by atoms with E-state index in [2.05, 4.69) is 25.1 Å². The van der Waals surface area contributed by atoms with Gasteiger partial charge in [0.05, 0.1) is 6.61 Å². The van der Waals surface area contributed by atoms with Crippen molar-refractivity contribution in [3.05, 3.63) is 29.8 Å². The van der Waals surface area contributed by atoms with E-state index < -0.39 is 11.2 Å². The third-order valence-corrected chi connectivity index (χ3v) is 3.56. The number of nitrogens with two attached hydrogens (primary N) is 1. The Morgan fingerprint density at radius 1 is 1.36 bits per heavy atom. The Labute approximate surface area is 133 Å². The van der Waals surface area contributed by atoms with Gasteiger partial charge < -0.3 is 20.7 Å². The van der Waals surface area contributed by atoms with E-state index in [1.807, 2.05) is 32.3 Å². The molecule has 1 aromatic rings. The molecule has 1 atom stereocenters. The second-order valence-corrected chi connectivity index (χ2v) is 5.99. The molecule has 2 rings (SSSR count). The van der Waals surface area contributed by atoms with Crippen LogP contribution in [0.4, 0.5) is 0 Å². The van der Waals surface area contributed by atoms with Gasteiger partial charge in [0.1, 0.15) is 5.75 Å². The topological polar surface area (TPSA) is 92.3 Å². The van der Waals surface area contributed by atoms with Crippen LogP contribution in [0, 0.1) is 0 Å². The summed E-state index contributed by atoms with van der Waals surface area (Å²) in [5.74, 6) is 1.45. The maximum atomic E-state index is 11.0. The van der Waals surface area contributed by atoms with E-state index >= 15 is 0 Å². The number of hydrogen-bond acceptors (Lipinski definition) is 5. The predicted octanol–water partition coefficient (Wildman–Crippen LogP) is 0.455. The van der Waals surface area contributed by atoms with Crippen LogP contribution in [0.15, 0.2) is 33.1 Å². The number of rotatable bonds is 7. The molecule has 0 saturated carbocycles. The van der Waals surface area contributed by atoms with Crippen molar-refractivity contribution >= 4 is 22.8 Å². The summed E-state index contributed by atoms with van der Waals surface area (Å²) in [6, 6.07) is 8.06. The van der Waals surface area contributed by atoms with Gasteiger partial charge in [-0.2, -0.15) is 0 Å². The monoisotopic (exact) mass is 323 g/mol. The standard InChI is InChI=1S/C14H21N5O2S/c1-19(2)10-11-5-3-6-12(9-11)21-8-4-7-16-14-13(15)17-22(20)18-14/h3,5-6,9H,4,7-8,10H2,1-2H3,(H2,15,17)(H,16,18). The maximum absolute atomic E-state index is 11.0. The third-order valence-electron chi connectivity index (χ3n) is 2.87. The average Bonchev–Trinajstić information content (AvgIpc) is 2.76. The summed E-state index contributed by atoms with van der Waals surface area (Å²) in [5, 5.41) is 3.00. The fourth-order valence-electron chi connectivity index (χ4n) is 1.96. The highest BCUT2D eigenvalue weighted by Crippen LogP contribution is 2.14. The molecule has 0 bridgehead atoms. The van der Waals surface area contributed by atoms with Gasteiger partial charge in [0.25, 0.3) is 11.2 Å². The van der Waals surface area contributed by atoms with Gasteiger partial charge in [0.2, 0.25) is 0 Å². The van der Waals surface area contributed by atoms with Crippen LogP contribution in [0.25, 0.3) is 0 Å².